The molecule has 1 saturated carbocycles. The molecule has 4 nitrogen and oxygen atoms in total. The molecule has 0 N–H and O–H groups in total. The standard InChI is InChI=1S/C26H36N2O2/c1-3-15-27-16-17-28(20-23(27)18-21-9-5-4-6-10-21)22-13-14-25(29-2)26(19-22)30-24-11-7-8-12-24/h4-6,9-10,13-14,19,23-24H,3,7-8,11-12,15-18,20H2,1-2H3/t23-/m0/s1. The lowest BCUT2D eigenvalue weighted by Crippen LogP contribution is -2.54. The highest BCUT2D eigenvalue weighted by molar-refractivity contribution is 5.57. The van der Waals surface area contributed by atoms with Gasteiger partial charge in [-0.05, 0) is 62.8 Å². The first-order valence-electron chi connectivity index (χ1n) is 11.6. The summed E-state index contributed by atoms with van der Waals surface area (Å²) in [6.07, 6.45) is 7.48. The first kappa shape index (κ1) is 21.0. The Morgan fingerprint density at radius 3 is 2.50 bits per heavy atom. The molecule has 1 atom stereocenters. The Kier molecular flexibility index (Phi) is 7.16. The lowest BCUT2D eigenvalue weighted by Gasteiger charge is -2.42. The van der Waals surface area contributed by atoms with Crippen molar-refractivity contribution in [2.75, 3.05) is 38.2 Å². The van der Waals surface area contributed by atoms with E-state index in [-0.39, 0.29) is 0 Å². The van der Waals surface area contributed by atoms with Crippen molar-refractivity contribution in [3.05, 3.63) is 54.1 Å². The van der Waals surface area contributed by atoms with Crippen LogP contribution in [0.1, 0.15) is 44.6 Å². The largest absolute Gasteiger partial charge is 0.493 e. The Labute approximate surface area is 181 Å². The summed E-state index contributed by atoms with van der Waals surface area (Å²) in [6, 6.07) is 17.9. The van der Waals surface area contributed by atoms with E-state index in [1.165, 1.54) is 37.1 Å². The summed E-state index contributed by atoms with van der Waals surface area (Å²) in [5.74, 6) is 1.74. The molecule has 0 spiro atoms. The van der Waals surface area contributed by atoms with Gasteiger partial charge in [0.1, 0.15) is 0 Å². The monoisotopic (exact) mass is 408 g/mol. The topological polar surface area (TPSA) is 24.9 Å². The second-order valence-electron chi connectivity index (χ2n) is 8.69. The number of methoxy groups -OCH3 is 1. The number of hydrogen-bond donors (Lipinski definition) is 0. The highest BCUT2D eigenvalue weighted by Gasteiger charge is 2.27. The number of anilines is 1. The van der Waals surface area contributed by atoms with Crippen LogP contribution in [0.15, 0.2) is 48.5 Å². The molecule has 162 valence electrons. The van der Waals surface area contributed by atoms with Crippen LogP contribution >= 0.6 is 0 Å². The quantitative estimate of drug-likeness (QED) is 0.602. The fourth-order valence-corrected chi connectivity index (χ4v) is 4.93. The van der Waals surface area contributed by atoms with Gasteiger partial charge in [0.05, 0.1) is 13.2 Å². The van der Waals surface area contributed by atoms with Gasteiger partial charge in [0.15, 0.2) is 11.5 Å². The summed E-state index contributed by atoms with van der Waals surface area (Å²) in [6.45, 7) is 6.66. The van der Waals surface area contributed by atoms with E-state index in [0.717, 1.165) is 50.4 Å². The van der Waals surface area contributed by atoms with Gasteiger partial charge in [-0.25, -0.2) is 0 Å². The molecule has 1 saturated heterocycles. The summed E-state index contributed by atoms with van der Waals surface area (Å²) in [5, 5.41) is 0. The normalized spacial score (nSPS) is 20.5. The third-order valence-corrected chi connectivity index (χ3v) is 6.54. The molecule has 1 aliphatic carbocycles. The molecule has 2 aromatic carbocycles. The zero-order chi connectivity index (χ0) is 20.8. The van der Waals surface area contributed by atoms with Crippen LogP contribution in [0.25, 0.3) is 0 Å². The van der Waals surface area contributed by atoms with Crippen LogP contribution in [0.4, 0.5) is 5.69 Å². The average molecular weight is 409 g/mol. The maximum atomic E-state index is 6.35. The molecule has 2 aromatic rings. The fourth-order valence-electron chi connectivity index (χ4n) is 4.93. The number of ether oxygens (including phenoxy) is 2. The van der Waals surface area contributed by atoms with Gasteiger partial charge in [0.25, 0.3) is 0 Å². The van der Waals surface area contributed by atoms with Crippen LogP contribution < -0.4 is 14.4 Å². The molecule has 2 fully saturated rings. The van der Waals surface area contributed by atoms with E-state index in [2.05, 4.69) is 65.3 Å². The first-order valence-corrected chi connectivity index (χ1v) is 11.6. The lowest BCUT2D eigenvalue weighted by atomic mass is 10.0. The van der Waals surface area contributed by atoms with Crippen LogP contribution in [-0.2, 0) is 6.42 Å². The van der Waals surface area contributed by atoms with E-state index in [4.69, 9.17) is 9.47 Å². The number of nitrogens with zero attached hydrogens (tertiary/aromatic N) is 2. The van der Waals surface area contributed by atoms with Crippen molar-refractivity contribution in [2.24, 2.45) is 0 Å². The van der Waals surface area contributed by atoms with Crippen molar-refractivity contribution in [1.82, 2.24) is 4.90 Å². The maximum absolute atomic E-state index is 6.35. The number of piperazine rings is 1. The minimum Gasteiger partial charge on any atom is -0.493 e. The Bertz CT molecular complexity index is 789. The molecule has 1 heterocycles. The molecule has 2 aliphatic rings. The summed E-state index contributed by atoms with van der Waals surface area (Å²) in [5.41, 5.74) is 2.67. The van der Waals surface area contributed by atoms with E-state index < -0.39 is 0 Å². The Hall–Kier alpha value is -2.20. The van der Waals surface area contributed by atoms with E-state index in [1.54, 1.807) is 7.11 Å². The molecule has 30 heavy (non-hydrogen) atoms. The molecule has 0 aromatic heterocycles. The third kappa shape index (κ3) is 5.10. The summed E-state index contributed by atoms with van der Waals surface area (Å²) in [4.78, 5) is 5.20. The molecular formula is C26H36N2O2. The molecular weight excluding hydrogens is 372 g/mol. The van der Waals surface area contributed by atoms with Crippen molar-refractivity contribution in [3.63, 3.8) is 0 Å². The van der Waals surface area contributed by atoms with Crippen molar-refractivity contribution in [1.29, 1.82) is 0 Å². The second kappa shape index (κ2) is 10.2. The Balaban J connectivity index is 1.51. The molecule has 1 aliphatic heterocycles. The van der Waals surface area contributed by atoms with E-state index in [0.29, 0.717) is 12.1 Å². The smallest absolute Gasteiger partial charge is 0.163 e. The first-order chi connectivity index (χ1) is 14.8. The van der Waals surface area contributed by atoms with Crippen LogP contribution in [-0.4, -0.2) is 50.3 Å². The maximum Gasteiger partial charge on any atom is 0.163 e. The zero-order valence-electron chi connectivity index (χ0n) is 18.6. The number of hydrogen-bond acceptors (Lipinski definition) is 4. The number of rotatable bonds is 8. The van der Waals surface area contributed by atoms with E-state index in [9.17, 15) is 0 Å². The minimum atomic E-state index is 0.335. The van der Waals surface area contributed by atoms with Gasteiger partial charge in [-0.1, -0.05) is 37.3 Å². The molecule has 0 bridgehead atoms. The van der Waals surface area contributed by atoms with Gasteiger partial charge < -0.3 is 14.4 Å². The van der Waals surface area contributed by atoms with Gasteiger partial charge in [0.2, 0.25) is 0 Å². The van der Waals surface area contributed by atoms with Crippen LogP contribution in [0, 0.1) is 0 Å². The molecule has 4 rings (SSSR count). The highest BCUT2D eigenvalue weighted by Crippen LogP contribution is 2.35. The summed E-state index contributed by atoms with van der Waals surface area (Å²) in [7, 11) is 1.73. The minimum absolute atomic E-state index is 0.335. The van der Waals surface area contributed by atoms with Gasteiger partial charge in [-0.15, -0.1) is 0 Å². The second-order valence-corrected chi connectivity index (χ2v) is 8.69. The van der Waals surface area contributed by atoms with Crippen LogP contribution in [0.5, 0.6) is 11.5 Å². The molecule has 4 heteroatoms. The van der Waals surface area contributed by atoms with E-state index >= 15 is 0 Å². The fraction of sp³-hybridized carbons (Fsp3) is 0.538. The third-order valence-electron chi connectivity index (χ3n) is 6.54. The SMILES string of the molecule is CCCN1CCN(c2ccc(OC)c(OC3CCCC3)c2)C[C@@H]1Cc1ccccc1. The lowest BCUT2D eigenvalue weighted by molar-refractivity contribution is 0.175. The average Bonchev–Trinajstić information content (AvgIpc) is 3.29. The van der Waals surface area contributed by atoms with Gasteiger partial charge in [-0.2, -0.15) is 0 Å². The zero-order valence-corrected chi connectivity index (χ0v) is 18.6. The van der Waals surface area contributed by atoms with Crippen molar-refractivity contribution in [2.45, 2.75) is 57.6 Å². The predicted octanol–water partition coefficient (Wildman–Crippen LogP) is 5.16. The van der Waals surface area contributed by atoms with Crippen LogP contribution in [0.2, 0.25) is 0 Å². The predicted molar refractivity (Wildman–Crippen MR) is 124 cm³/mol. The van der Waals surface area contributed by atoms with E-state index in [1.807, 2.05) is 0 Å². The van der Waals surface area contributed by atoms with Gasteiger partial charge in [0, 0.05) is 37.4 Å². The Morgan fingerprint density at radius 2 is 1.77 bits per heavy atom. The number of benzene rings is 2. The summed E-state index contributed by atoms with van der Waals surface area (Å²) < 4.78 is 11.9. The highest BCUT2D eigenvalue weighted by atomic mass is 16.5. The molecule has 0 unspecified atom stereocenters. The molecule has 0 amide bonds. The van der Waals surface area contributed by atoms with Gasteiger partial charge >= 0.3 is 0 Å². The molecule has 0 radical (unpaired) electrons. The van der Waals surface area contributed by atoms with Gasteiger partial charge in [-0.3, -0.25) is 4.90 Å². The van der Waals surface area contributed by atoms with Crippen molar-refractivity contribution in [3.8, 4) is 11.5 Å². The van der Waals surface area contributed by atoms with Crippen molar-refractivity contribution < 1.29 is 9.47 Å². The Morgan fingerprint density at radius 1 is 0.967 bits per heavy atom. The van der Waals surface area contributed by atoms with Crippen molar-refractivity contribution >= 4 is 5.69 Å². The van der Waals surface area contributed by atoms with Crippen LogP contribution in [0.3, 0.4) is 0 Å². The summed E-state index contributed by atoms with van der Waals surface area (Å²) >= 11 is 0.